The van der Waals surface area contributed by atoms with Gasteiger partial charge in [-0.2, -0.15) is 0 Å². The molecule has 2 aliphatic carbocycles. The van der Waals surface area contributed by atoms with Crippen molar-refractivity contribution in [2.45, 2.75) is 18.8 Å². The summed E-state index contributed by atoms with van der Waals surface area (Å²) in [6, 6.07) is 16.9. The number of benzene rings is 3. The number of hydrogen-bond acceptors (Lipinski definition) is 2. The van der Waals surface area contributed by atoms with Crippen molar-refractivity contribution in [1.82, 2.24) is 5.32 Å². The third-order valence-electron chi connectivity index (χ3n) is 7.11. The van der Waals surface area contributed by atoms with Crippen LogP contribution in [0.15, 0.2) is 95.3 Å². The fraction of sp³-hybridized carbons (Fsp3) is 0.129. The zero-order valence-electron chi connectivity index (χ0n) is 19.0. The Morgan fingerprint density at radius 1 is 0.971 bits per heavy atom. The number of hydrogen-bond donors (Lipinski definition) is 1. The molecule has 1 N–H and O–H groups in total. The summed E-state index contributed by atoms with van der Waals surface area (Å²) in [6.45, 7) is 0. The fourth-order valence-electron chi connectivity index (χ4n) is 5.46. The summed E-state index contributed by atoms with van der Waals surface area (Å²) in [6.07, 6.45) is 15.8. The lowest BCUT2D eigenvalue weighted by molar-refractivity contribution is 0.0943. The van der Waals surface area contributed by atoms with E-state index in [-0.39, 0.29) is 23.4 Å². The highest BCUT2D eigenvalue weighted by molar-refractivity contribution is 9.10. The Morgan fingerprint density at radius 3 is 2.77 bits per heavy atom. The van der Waals surface area contributed by atoms with E-state index in [0.29, 0.717) is 12.0 Å². The maximum absolute atomic E-state index is 13.9. The molecular weight excluding hydrogens is 501 g/mol. The lowest BCUT2D eigenvalue weighted by Gasteiger charge is -2.30. The number of rotatable bonds is 3. The molecule has 0 saturated heterocycles. The summed E-state index contributed by atoms with van der Waals surface area (Å²) in [5.74, 6) is -0.763. The maximum Gasteiger partial charge on any atom is 0.169 e. The van der Waals surface area contributed by atoms with Gasteiger partial charge >= 0.3 is 0 Å². The fourth-order valence-corrected chi connectivity index (χ4v) is 5.82. The first kappa shape index (κ1) is 22.0. The van der Waals surface area contributed by atoms with E-state index in [1.807, 2.05) is 24.4 Å². The average Bonchev–Trinajstić information content (AvgIpc) is 3.17. The molecule has 172 valence electrons. The number of fused-ring (bicyclic) bond motifs is 5. The summed E-state index contributed by atoms with van der Waals surface area (Å²) in [7, 11) is 0. The molecule has 6 rings (SSSR count). The van der Waals surface area contributed by atoms with Crippen LogP contribution >= 0.6 is 15.9 Å². The van der Waals surface area contributed by atoms with Crippen LogP contribution in [-0.4, -0.2) is 5.78 Å². The number of halogens is 2. The topological polar surface area (TPSA) is 29.1 Å². The lowest BCUT2D eigenvalue weighted by atomic mass is 9.75. The van der Waals surface area contributed by atoms with Gasteiger partial charge in [0.25, 0.3) is 0 Å². The zero-order chi connectivity index (χ0) is 23.9. The van der Waals surface area contributed by atoms with Crippen LogP contribution in [0.5, 0.6) is 0 Å². The van der Waals surface area contributed by atoms with Gasteiger partial charge in [-0.05, 0) is 82.0 Å². The molecule has 1 aliphatic heterocycles. The van der Waals surface area contributed by atoms with Crippen molar-refractivity contribution < 1.29 is 9.18 Å². The molecule has 0 spiro atoms. The molecule has 2 nitrogen and oxygen atoms in total. The Labute approximate surface area is 212 Å². The zero-order valence-corrected chi connectivity index (χ0v) is 20.6. The smallest absolute Gasteiger partial charge is 0.169 e. The van der Waals surface area contributed by atoms with E-state index in [4.69, 9.17) is 0 Å². The van der Waals surface area contributed by atoms with Gasteiger partial charge in [0.1, 0.15) is 5.82 Å². The summed E-state index contributed by atoms with van der Waals surface area (Å²) in [5, 5.41) is 5.71. The van der Waals surface area contributed by atoms with Crippen molar-refractivity contribution in [3.63, 3.8) is 0 Å². The van der Waals surface area contributed by atoms with Crippen LogP contribution in [0.25, 0.3) is 23.3 Å². The Bertz CT molecular complexity index is 1580. The molecule has 1 heterocycles. The Balaban J connectivity index is 1.55. The predicted octanol–water partition coefficient (Wildman–Crippen LogP) is 5.92. The second kappa shape index (κ2) is 8.94. The number of Topliss-reactive ketones (excluding diaryl/α,β-unsaturated/α-hetero) is 1. The summed E-state index contributed by atoms with van der Waals surface area (Å²) in [5.41, 5.74) is 6.39. The van der Waals surface area contributed by atoms with E-state index >= 15 is 0 Å². The van der Waals surface area contributed by atoms with Crippen LogP contribution in [-0.2, 0) is 6.42 Å². The van der Waals surface area contributed by atoms with Crippen LogP contribution < -0.4 is 15.8 Å². The molecule has 0 bridgehead atoms. The molecule has 0 radical (unpaired) electrons. The van der Waals surface area contributed by atoms with Gasteiger partial charge in [-0.25, -0.2) is 4.39 Å². The molecule has 3 aliphatic rings. The summed E-state index contributed by atoms with van der Waals surface area (Å²) < 4.78 is 15.0. The van der Waals surface area contributed by atoms with Crippen molar-refractivity contribution in [1.29, 1.82) is 0 Å². The van der Waals surface area contributed by atoms with Gasteiger partial charge in [0, 0.05) is 33.8 Å². The monoisotopic (exact) mass is 523 g/mol. The minimum Gasteiger partial charge on any atom is -0.364 e. The van der Waals surface area contributed by atoms with E-state index in [1.165, 1.54) is 39.6 Å². The molecule has 3 aromatic rings. The molecule has 4 heteroatoms. The third kappa shape index (κ3) is 4.02. The number of allylic oxidation sites excluding steroid dienone is 5. The highest BCUT2D eigenvalue weighted by Crippen LogP contribution is 2.35. The van der Waals surface area contributed by atoms with Crippen LogP contribution in [0.4, 0.5) is 4.39 Å². The largest absolute Gasteiger partial charge is 0.364 e. The van der Waals surface area contributed by atoms with Crippen molar-refractivity contribution in [2.24, 2.45) is 5.92 Å². The van der Waals surface area contributed by atoms with Crippen molar-refractivity contribution >= 4 is 33.9 Å². The quantitative estimate of drug-likeness (QED) is 0.432. The Hall–Kier alpha value is -3.50. The SMILES string of the molecule is O=C(c1cccc(F)c1)C1C=c2c(ccc3c2=CCc2ccc(Br)cc2-3)C(C2=CC=CC=CN2)C1. The number of carbonyl (C=O) groups excluding carboxylic acids is 1. The van der Waals surface area contributed by atoms with Crippen LogP contribution in [0, 0.1) is 11.7 Å². The molecule has 35 heavy (non-hydrogen) atoms. The first-order chi connectivity index (χ1) is 17.1. The van der Waals surface area contributed by atoms with Gasteiger partial charge < -0.3 is 5.32 Å². The van der Waals surface area contributed by atoms with E-state index < -0.39 is 0 Å². The second-order valence-electron chi connectivity index (χ2n) is 9.19. The molecule has 0 amide bonds. The van der Waals surface area contributed by atoms with Gasteiger partial charge in [-0.1, -0.05) is 70.6 Å². The van der Waals surface area contributed by atoms with Gasteiger partial charge in [0.15, 0.2) is 5.78 Å². The third-order valence-corrected chi connectivity index (χ3v) is 7.60. The van der Waals surface area contributed by atoms with Gasteiger partial charge in [0.05, 0.1) is 0 Å². The number of nitrogens with one attached hydrogen (secondary N) is 1. The number of ketones is 1. The Morgan fingerprint density at radius 2 is 1.89 bits per heavy atom. The molecule has 2 unspecified atom stereocenters. The minimum absolute atomic E-state index is 0.0208. The van der Waals surface area contributed by atoms with E-state index in [1.54, 1.807) is 12.1 Å². The summed E-state index contributed by atoms with van der Waals surface area (Å²) in [4.78, 5) is 13.6. The standard InChI is InChI=1S/C31H23BrFNO/c32-22-10-8-19-9-11-25-24(27(19)18-22)12-13-26-28(25)16-21(31(35)20-5-4-6-23(33)15-20)17-29(26)30-7-2-1-3-14-34-30/h1-8,10-16,18,21,29,34H,9,17H2. The predicted molar refractivity (Wildman–Crippen MR) is 143 cm³/mol. The highest BCUT2D eigenvalue weighted by Gasteiger charge is 2.31. The van der Waals surface area contributed by atoms with Gasteiger partial charge in [0.2, 0.25) is 0 Å². The summed E-state index contributed by atoms with van der Waals surface area (Å²) >= 11 is 3.62. The maximum atomic E-state index is 13.9. The molecule has 3 aromatic carbocycles. The lowest BCUT2D eigenvalue weighted by Crippen LogP contribution is -2.40. The van der Waals surface area contributed by atoms with Crippen LogP contribution in [0.1, 0.15) is 33.8 Å². The van der Waals surface area contributed by atoms with Crippen molar-refractivity contribution in [3.8, 4) is 11.1 Å². The van der Waals surface area contributed by atoms with Crippen molar-refractivity contribution in [3.05, 3.63) is 128 Å². The van der Waals surface area contributed by atoms with Gasteiger partial charge in [-0.3, -0.25) is 4.79 Å². The molecule has 0 saturated carbocycles. The van der Waals surface area contributed by atoms with Crippen LogP contribution in [0.2, 0.25) is 0 Å². The Kier molecular flexibility index (Phi) is 5.62. The normalized spacial score (nSPS) is 19.7. The van der Waals surface area contributed by atoms with E-state index in [0.717, 1.165) is 21.8 Å². The first-order valence-electron chi connectivity index (χ1n) is 11.8. The second-order valence-corrected chi connectivity index (χ2v) is 10.1. The number of carbonyl (C=O) groups is 1. The minimum atomic E-state index is -0.389. The van der Waals surface area contributed by atoms with Crippen molar-refractivity contribution in [2.75, 3.05) is 0 Å². The van der Waals surface area contributed by atoms with E-state index in [2.05, 4.69) is 69.8 Å². The molecule has 0 aromatic heterocycles. The van der Waals surface area contributed by atoms with Crippen LogP contribution in [0.3, 0.4) is 0 Å². The highest BCUT2D eigenvalue weighted by atomic mass is 79.9. The molecule has 2 atom stereocenters. The van der Waals surface area contributed by atoms with E-state index in [9.17, 15) is 9.18 Å². The average molecular weight is 524 g/mol. The van der Waals surface area contributed by atoms with Gasteiger partial charge in [-0.15, -0.1) is 0 Å². The molecule has 0 fully saturated rings. The first-order valence-corrected chi connectivity index (χ1v) is 12.6. The molecular formula is C31H23BrFNO.